The Balaban J connectivity index is 2.18. The van der Waals surface area contributed by atoms with Gasteiger partial charge in [-0.25, -0.2) is 4.68 Å². The molecule has 0 radical (unpaired) electrons. The van der Waals surface area contributed by atoms with Crippen molar-refractivity contribution in [2.24, 2.45) is 0 Å². The van der Waals surface area contributed by atoms with Crippen molar-refractivity contribution < 1.29 is 9.90 Å². The predicted octanol–water partition coefficient (Wildman–Crippen LogP) is 2.07. The summed E-state index contributed by atoms with van der Waals surface area (Å²) in [6, 6.07) is 9.70. The van der Waals surface area contributed by atoms with Gasteiger partial charge in [0.1, 0.15) is 0 Å². The van der Waals surface area contributed by atoms with Crippen molar-refractivity contribution >= 4 is 5.97 Å². The Morgan fingerprint density at radius 3 is 2.60 bits per heavy atom. The number of carboxylic acids is 1. The molecule has 2 aromatic rings. The number of carboxylic acid groups (broad SMARTS) is 1. The van der Waals surface area contributed by atoms with Gasteiger partial charge in [0.05, 0.1) is 23.0 Å². The summed E-state index contributed by atoms with van der Waals surface area (Å²) in [6.45, 7) is 2.04. The SMILES string of the molecule is CCCc1c(C(=O)[O-])c(C2CC2)nn1-c1ccccc1. The second kappa shape index (κ2) is 5.12. The number of aromatic carboxylic acids is 1. The van der Waals surface area contributed by atoms with Gasteiger partial charge in [-0.15, -0.1) is 0 Å². The van der Waals surface area contributed by atoms with Crippen LogP contribution in [0.15, 0.2) is 30.3 Å². The van der Waals surface area contributed by atoms with Gasteiger partial charge in [-0.1, -0.05) is 31.5 Å². The zero-order chi connectivity index (χ0) is 14.1. The fourth-order valence-electron chi connectivity index (χ4n) is 2.59. The molecule has 0 amide bonds. The first-order valence-electron chi connectivity index (χ1n) is 7.11. The molecule has 0 unspecified atom stereocenters. The molecule has 1 saturated carbocycles. The molecule has 104 valence electrons. The second-order valence-electron chi connectivity index (χ2n) is 5.27. The van der Waals surface area contributed by atoms with Crippen LogP contribution in [0.1, 0.15) is 53.8 Å². The van der Waals surface area contributed by atoms with Crippen molar-refractivity contribution in [2.75, 3.05) is 0 Å². The van der Waals surface area contributed by atoms with Gasteiger partial charge in [0, 0.05) is 11.5 Å². The summed E-state index contributed by atoms with van der Waals surface area (Å²) < 4.78 is 1.78. The summed E-state index contributed by atoms with van der Waals surface area (Å²) in [5.41, 5.74) is 2.70. The number of para-hydroxylation sites is 1. The number of benzene rings is 1. The molecule has 0 aliphatic heterocycles. The quantitative estimate of drug-likeness (QED) is 0.835. The molecule has 1 aromatic carbocycles. The van der Waals surface area contributed by atoms with Crippen LogP contribution in [0, 0.1) is 0 Å². The van der Waals surface area contributed by atoms with Gasteiger partial charge in [-0.2, -0.15) is 5.10 Å². The first kappa shape index (κ1) is 12.9. The van der Waals surface area contributed by atoms with Gasteiger partial charge in [-0.05, 0) is 31.4 Å². The molecule has 0 atom stereocenters. The third kappa shape index (κ3) is 2.22. The minimum atomic E-state index is -1.10. The van der Waals surface area contributed by atoms with Gasteiger partial charge in [0.15, 0.2) is 0 Å². The third-order valence-corrected chi connectivity index (χ3v) is 3.66. The lowest BCUT2D eigenvalue weighted by Gasteiger charge is -2.09. The Hall–Kier alpha value is -2.10. The highest BCUT2D eigenvalue weighted by molar-refractivity contribution is 5.89. The van der Waals surface area contributed by atoms with E-state index in [0.717, 1.165) is 30.6 Å². The van der Waals surface area contributed by atoms with Crippen molar-refractivity contribution in [1.82, 2.24) is 9.78 Å². The number of carbonyl (C=O) groups is 1. The smallest absolute Gasteiger partial charge is 0.0753 e. The number of rotatable bonds is 5. The summed E-state index contributed by atoms with van der Waals surface area (Å²) in [4.78, 5) is 11.5. The molecule has 1 heterocycles. The second-order valence-corrected chi connectivity index (χ2v) is 5.27. The lowest BCUT2D eigenvalue weighted by Crippen LogP contribution is -2.24. The lowest BCUT2D eigenvalue weighted by molar-refractivity contribution is -0.255. The molecular formula is C16H17N2O2-. The van der Waals surface area contributed by atoms with E-state index < -0.39 is 5.97 Å². The number of hydrogen-bond donors (Lipinski definition) is 0. The molecule has 0 saturated heterocycles. The van der Waals surface area contributed by atoms with E-state index in [2.05, 4.69) is 5.10 Å². The summed E-state index contributed by atoms with van der Waals surface area (Å²) in [6.07, 6.45) is 3.62. The molecular weight excluding hydrogens is 252 g/mol. The van der Waals surface area contributed by atoms with E-state index in [0.29, 0.717) is 23.6 Å². The van der Waals surface area contributed by atoms with Crippen LogP contribution in [-0.4, -0.2) is 15.7 Å². The van der Waals surface area contributed by atoms with E-state index in [1.165, 1.54) is 0 Å². The molecule has 1 aliphatic carbocycles. The molecule has 20 heavy (non-hydrogen) atoms. The zero-order valence-corrected chi connectivity index (χ0v) is 11.5. The summed E-state index contributed by atoms with van der Waals surface area (Å²) in [5.74, 6) is -0.805. The maximum atomic E-state index is 11.5. The normalized spacial score (nSPS) is 14.4. The van der Waals surface area contributed by atoms with E-state index in [9.17, 15) is 9.90 Å². The van der Waals surface area contributed by atoms with Gasteiger partial charge in [0.25, 0.3) is 0 Å². The fraction of sp³-hybridized carbons (Fsp3) is 0.375. The minimum absolute atomic E-state index is 0.295. The molecule has 3 rings (SSSR count). The minimum Gasteiger partial charge on any atom is -0.545 e. The highest BCUT2D eigenvalue weighted by Gasteiger charge is 2.32. The van der Waals surface area contributed by atoms with Gasteiger partial charge in [-0.3, -0.25) is 0 Å². The van der Waals surface area contributed by atoms with E-state index in [-0.39, 0.29) is 0 Å². The average Bonchev–Trinajstić information content (AvgIpc) is 3.22. The van der Waals surface area contributed by atoms with Crippen molar-refractivity contribution in [2.45, 2.75) is 38.5 Å². The highest BCUT2D eigenvalue weighted by atomic mass is 16.4. The molecule has 4 nitrogen and oxygen atoms in total. The van der Waals surface area contributed by atoms with Crippen LogP contribution in [0.25, 0.3) is 5.69 Å². The van der Waals surface area contributed by atoms with Gasteiger partial charge in [0.2, 0.25) is 0 Å². The number of carbonyl (C=O) groups excluding carboxylic acids is 1. The highest BCUT2D eigenvalue weighted by Crippen LogP contribution is 2.42. The zero-order valence-electron chi connectivity index (χ0n) is 11.5. The monoisotopic (exact) mass is 269 g/mol. The fourth-order valence-corrected chi connectivity index (χ4v) is 2.59. The standard InChI is InChI=1S/C16H18N2O2/c1-2-6-13-14(16(19)20)15(11-9-10-11)17-18(13)12-7-4-3-5-8-12/h3-5,7-8,11H,2,6,9-10H2,1H3,(H,19,20)/p-1. The van der Waals surface area contributed by atoms with Gasteiger partial charge >= 0.3 is 0 Å². The van der Waals surface area contributed by atoms with Crippen LogP contribution < -0.4 is 5.11 Å². The van der Waals surface area contributed by atoms with Crippen molar-refractivity contribution in [3.8, 4) is 5.69 Å². The van der Waals surface area contributed by atoms with Gasteiger partial charge < -0.3 is 9.90 Å². The van der Waals surface area contributed by atoms with E-state index in [1.54, 1.807) is 4.68 Å². The molecule has 4 heteroatoms. The number of hydrogen-bond acceptors (Lipinski definition) is 3. The van der Waals surface area contributed by atoms with Crippen LogP contribution in [-0.2, 0) is 6.42 Å². The van der Waals surface area contributed by atoms with Crippen molar-refractivity contribution in [3.05, 3.63) is 47.3 Å². The Bertz CT molecular complexity index is 627. The predicted molar refractivity (Wildman–Crippen MR) is 73.9 cm³/mol. The Labute approximate surface area is 118 Å². The van der Waals surface area contributed by atoms with Crippen LogP contribution in [0.2, 0.25) is 0 Å². The molecule has 0 bridgehead atoms. The van der Waals surface area contributed by atoms with Crippen LogP contribution in [0.5, 0.6) is 0 Å². The summed E-state index contributed by atoms with van der Waals surface area (Å²) >= 11 is 0. The van der Waals surface area contributed by atoms with Crippen molar-refractivity contribution in [1.29, 1.82) is 0 Å². The van der Waals surface area contributed by atoms with E-state index in [4.69, 9.17) is 0 Å². The molecule has 0 N–H and O–H groups in total. The van der Waals surface area contributed by atoms with E-state index >= 15 is 0 Å². The molecule has 1 aromatic heterocycles. The lowest BCUT2D eigenvalue weighted by atomic mass is 10.1. The Morgan fingerprint density at radius 1 is 1.35 bits per heavy atom. The Morgan fingerprint density at radius 2 is 2.05 bits per heavy atom. The maximum absolute atomic E-state index is 11.5. The summed E-state index contributed by atoms with van der Waals surface area (Å²) in [5, 5.41) is 16.1. The number of nitrogens with zero attached hydrogens (tertiary/aromatic N) is 2. The molecule has 1 fully saturated rings. The first-order valence-corrected chi connectivity index (χ1v) is 7.11. The molecule has 0 spiro atoms. The van der Waals surface area contributed by atoms with Crippen LogP contribution in [0.4, 0.5) is 0 Å². The Kier molecular flexibility index (Phi) is 3.30. The average molecular weight is 269 g/mol. The topological polar surface area (TPSA) is 57.9 Å². The van der Waals surface area contributed by atoms with Crippen molar-refractivity contribution in [3.63, 3.8) is 0 Å². The largest absolute Gasteiger partial charge is 0.545 e. The summed E-state index contributed by atoms with van der Waals surface area (Å²) in [7, 11) is 0. The molecule has 1 aliphatic rings. The van der Waals surface area contributed by atoms with Crippen LogP contribution in [0.3, 0.4) is 0 Å². The third-order valence-electron chi connectivity index (χ3n) is 3.66. The first-order chi connectivity index (χ1) is 9.72. The van der Waals surface area contributed by atoms with Crippen LogP contribution >= 0.6 is 0 Å². The number of aromatic nitrogens is 2. The van der Waals surface area contributed by atoms with E-state index in [1.807, 2.05) is 37.3 Å². The maximum Gasteiger partial charge on any atom is 0.0753 e.